The first-order valence-corrected chi connectivity index (χ1v) is 5.59. The monoisotopic (exact) mass is 259 g/mol. The summed E-state index contributed by atoms with van der Waals surface area (Å²) in [6.07, 6.45) is 2.78. The summed E-state index contributed by atoms with van der Waals surface area (Å²) in [7, 11) is 0. The molecule has 0 amide bonds. The molecule has 2 rings (SSSR count). The number of ketones is 1. The van der Waals surface area contributed by atoms with Gasteiger partial charge in [0.2, 0.25) is 0 Å². The van der Waals surface area contributed by atoms with E-state index in [0.29, 0.717) is 11.8 Å². The Morgan fingerprint density at radius 2 is 1.74 bits per heavy atom. The zero-order valence-corrected chi connectivity index (χ0v) is 9.94. The van der Waals surface area contributed by atoms with Crippen LogP contribution in [-0.4, -0.2) is 5.78 Å². The van der Waals surface area contributed by atoms with Gasteiger partial charge in [-0.15, -0.1) is 0 Å². The number of carbonyl (C=O) groups excluding carboxylic acids is 1. The number of hydrogen-bond acceptors (Lipinski definition) is 2. The molecule has 2 aromatic carbocycles. The number of carbonyl (C=O) groups is 1. The number of allylic oxidation sites excluding steroid dienone is 1. The van der Waals surface area contributed by atoms with Crippen molar-refractivity contribution < 1.29 is 13.6 Å². The molecule has 0 saturated carbocycles. The summed E-state index contributed by atoms with van der Waals surface area (Å²) in [4.78, 5) is 11.7. The summed E-state index contributed by atoms with van der Waals surface area (Å²) in [5, 5.41) is 0. The summed E-state index contributed by atoms with van der Waals surface area (Å²) in [5.74, 6) is -2.10. The van der Waals surface area contributed by atoms with Crippen molar-refractivity contribution in [1.82, 2.24) is 0 Å². The summed E-state index contributed by atoms with van der Waals surface area (Å²) in [6.45, 7) is 0. The number of anilines is 1. The normalized spacial score (nSPS) is 10.8. The molecule has 0 aliphatic rings. The fourth-order valence-corrected chi connectivity index (χ4v) is 1.56. The second-order valence-corrected chi connectivity index (χ2v) is 3.99. The summed E-state index contributed by atoms with van der Waals surface area (Å²) in [5.41, 5.74) is 6.76. The van der Waals surface area contributed by atoms with Crippen LogP contribution in [0.3, 0.4) is 0 Å². The number of nitrogen functional groups attached to an aromatic ring is 1. The number of hydrogen-bond donors (Lipinski definition) is 1. The van der Waals surface area contributed by atoms with Gasteiger partial charge < -0.3 is 5.73 Å². The van der Waals surface area contributed by atoms with Crippen molar-refractivity contribution in [3.63, 3.8) is 0 Å². The van der Waals surface area contributed by atoms with E-state index in [-0.39, 0.29) is 5.56 Å². The van der Waals surface area contributed by atoms with Gasteiger partial charge in [0.15, 0.2) is 5.78 Å². The summed E-state index contributed by atoms with van der Waals surface area (Å²) in [6, 6.07) is 9.73. The standard InChI is InChI=1S/C15H11F2NO/c16-11-4-7-13(14(17)9-11)15(19)8-3-10-1-5-12(18)6-2-10/h1-9H,18H2/b8-3+. The fourth-order valence-electron chi connectivity index (χ4n) is 1.56. The van der Waals surface area contributed by atoms with Gasteiger partial charge in [-0.05, 0) is 35.9 Å². The Morgan fingerprint density at radius 1 is 1.05 bits per heavy atom. The SMILES string of the molecule is Nc1ccc(/C=C/C(=O)c2ccc(F)cc2F)cc1. The third kappa shape index (κ3) is 3.25. The minimum absolute atomic E-state index is 0.159. The largest absolute Gasteiger partial charge is 0.399 e. The van der Waals surface area contributed by atoms with Crippen molar-refractivity contribution in [2.24, 2.45) is 0 Å². The highest BCUT2D eigenvalue weighted by Crippen LogP contribution is 2.12. The molecule has 2 aromatic rings. The van der Waals surface area contributed by atoms with Gasteiger partial charge >= 0.3 is 0 Å². The van der Waals surface area contributed by atoms with Crippen LogP contribution in [0.25, 0.3) is 6.08 Å². The van der Waals surface area contributed by atoms with Gasteiger partial charge in [0.1, 0.15) is 11.6 Å². The average Bonchev–Trinajstić information content (AvgIpc) is 2.37. The van der Waals surface area contributed by atoms with Gasteiger partial charge in [-0.3, -0.25) is 4.79 Å². The van der Waals surface area contributed by atoms with E-state index in [4.69, 9.17) is 5.73 Å². The Balaban J connectivity index is 2.18. The maximum absolute atomic E-state index is 13.4. The fraction of sp³-hybridized carbons (Fsp3) is 0. The molecular formula is C15H11F2NO. The molecule has 0 bridgehead atoms. The molecule has 0 aliphatic heterocycles. The van der Waals surface area contributed by atoms with Crippen molar-refractivity contribution in [3.05, 3.63) is 71.3 Å². The van der Waals surface area contributed by atoms with Crippen LogP contribution in [0.1, 0.15) is 15.9 Å². The van der Waals surface area contributed by atoms with Crippen LogP contribution < -0.4 is 5.73 Å². The lowest BCUT2D eigenvalue weighted by molar-refractivity contribution is 0.104. The first-order chi connectivity index (χ1) is 9.06. The minimum Gasteiger partial charge on any atom is -0.399 e. The van der Waals surface area contributed by atoms with E-state index in [1.54, 1.807) is 30.3 Å². The van der Waals surface area contributed by atoms with Gasteiger partial charge in [-0.25, -0.2) is 8.78 Å². The lowest BCUT2D eigenvalue weighted by atomic mass is 10.1. The highest BCUT2D eigenvalue weighted by molar-refractivity contribution is 6.06. The molecule has 4 heteroatoms. The molecule has 0 aromatic heterocycles. The lowest BCUT2D eigenvalue weighted by Gasteiger charge is -1.99. The smallest absolute Gasteiger partial charge is 0.188 e. The van der Waals surface area contributed by atoms with Crippen molar-refractivity contribution in [2.75, 3.05) is 5.73 Å². The first kappa shape index (κ1) is 13.0. The average molecular weight is 259 g/mol. The maximum atomic E-state index is 13.4. The number of halogens is 2. The quantitative estimate of drug-likeness (QED) is 0.521. The molecule has 0 spiro atoms. The Bertz CT molecular complexity index is 633. The third-order valence-corrected chi connectivity index (χ3v) is 2.56. The van der Waals surface area contributed by atoms with E-state index in [0.717, 1.165) is 17.7 Å². The van der Waals surface area contributed by atoms with Crippen LogP contribution in [0.2, 0.25) is 0 Å². The van der Waals surface area contributed by atoms with Crippen LogP contribution >= 0.6 is 0 Å². The van der Waals surface area contributed by atoms with Gasteiger partial charge in [0, 0.05) is 11.8 Å². The van der Waals surface area contributed by atoms with Gasteiger partial charge in [0.05, 0.1) is 5.56 Å². The second kappa shape index (κ2) is 5.44. The van der Waals surface area contributed by atoms with E-state index >= 15 is 0 Å². The van der Waals surface area contributed by atoms with Gasteiger partial charge in [0.25, 0.3) is 0 Å². The molecular weight excluding hydrogens is 248 g/mol. The highest BCUT2D eigenvalue weighted by Gasteiger charge is 2.09. The van der Waals surface area contributed by atoms with Crippen LogP contribution in [-0.2, 0) is 0 Å². The summed E-state index contributed by atoms with van der Waals surface area (Å²) < 4.78 is 26.1. The Labute approximate surface area is 109 Å². The first-order valence-electron chi connectivity index (χ1n) is 5.59. The third-order valence-electron chi connectivity index (χ3n) is 2.56. The maximum Gasteiger partial charge on any atom is 0.188 e. The van der Waals surface area contributed by atoms with E-state index in [1.165, 1.54) is 6.08 Å². The van der Waals surface area contributed by atoms with E-state index < -0.39 is 17.4 Å². The van der Waals surface area contributed by atoms with Crippen molar-refractivity contribution in [3.8, 4) is 0 Å². The van der Waals surface area contributed by atoms with E-state index in [9.17, 15) is 13.6 Å². The molecule has 2 N–H and O–H groups in total. The van der Waals surface area contributed by atoms with Crippen LogP contribution in [0, 0.1) is 11.6 Å². The highest BCUT2D eigenvalue weighted by atomic mass is 19.1. The number of benzene rings is 2. The Kier molecular flexibility index (Phi) is 3.71. The second-order valence-electron chi connectivity index (χ2n) is 3.99. The van der Waals surface area contributed by atoms with Crippen LogP contribution in [0.4, 0.5) is 14.5 Å². The summed E-state index contributed by atoms with van der Waals surface area (Å²) >= 11 is 0. The molecule has 0 heterocycles. The molecule has 96 valence electrons. The molecule has 0 unspecified atom stereocenters. The Hall–Kier alpha value is -2.49. The van der Waals surface area contributed by atoms with Gasteiger partial charge in [-0.1, -0.05) is 18.2 Å². The molecule has 2 nitrogen and oxygen atoms in total. The van der Waals surface area contributed by atoms with E-state index in [2.05, 4.69) is 0 Å². The van der Waals surface area contributed by atoms with Gasteiger partial charge in [-0.2, -0.15) is 0 Å². The molecule has 0 saturated heterocycles. The van der Waals surface area contributed by atoms with Crippen molar-refractivity contribution in [1.29, 1.82) is 0 Å². The molecule has 19 heavy (non-hydrogen) atoms. The molecule has 0 atom stereocenters. The van der Waals surface area contributed by atoms with Crippen LogP contribution in [0.5, 0.6) is 0 Å². The molecule has 0 fully saturated rings. The predicted molar refractivity (Wildman–Crippen MR) is 70.6 cm³/mol. The number of nitrogens with two attached hydrogens (primary N) is 1. The Morgan fingerprint density at radius 3 is 2.37 bits per heavy atom. The van der Waals surface area contributed by atoms with Crippen molar-refractivity contribution in [2.45, 2.75) is 0 Å². The van der Waals surface area contributed by atoms with Crippen LogP contribution in [0.15, 0.2) is 48.5 Å². The minimum atomic E-state index is -0.869. The predicted octanol–water partition coefficient (Wildman–Crippen LogP) is 3.44. The zero-order chi connectivity index (χ0) is 13.8. The molecule has 0 aliphatic carbocycles. The number of rotatable bonds is 3. The topological polar surface area (TPSA) is 43.1 Å². The molecule has 0 radical (unpaired) electrons. The lowest BCUT2D eigenvalue weighted by Crippen LogP contribution is -1.99. The van der Waals surface area contributed by atoms with Crippen molar-refractivity contribution >= 4 is 17.5 Å². The van der Waals surface area contributed by atoms with E-state index in [1.807, 2.05) is 0 Å². The zero-order valence-electron chi connectivity index (χ0n) is 9.94.